The molecule has 1 amide bonds. The maximum absolute atomic E-state index is 11.1. The van der Waals surface area contributed by atoms with E-state index in [2.05, 4.69) is 22.7 Å². The maximum atomic E-state index is 11.1. The van der Waals surface area contributed by atoms with E-state index in [1.54, 1.807) is 25.0 Å². The van der Waals surface area contributed by atoms with Crippen molar-refractivity contribution in [3.05, 3.63) is 12.4 Å². The third-order valence-electron chi connectivity index (χ3n) is 2.32. The molecule has 17 heavy (non-hydrogen) atoms. The van der Waals surface area contributed by atoms with Crippen molar-refractivity contribution in [1.82, 2.24) is 15.1 Å². The first kappa shape index (κ1) is 13.5. The summed E-state index contributed by atoms with van der Waals surface area (Å²) in [5, 5.41) is 9.89. The number of carbonyl (C=O) groups is 1. The average Bonchev–Trinajstić information content (AvgIpc) is 2.74. The van der Waals surface area contributed by atoms with Crippen LogP contribution < -0.4 is 10.6 Å². The second-order valence-corrected chi connectivity index (χ2v) is 4.04. The molecule has 0 saturated heterocycles. The highest BCUT2D eigenvalue weighted by atomic mass is 16.5. The molecule has 96 valence electrons. The van der Waals surface area contributed by atoms with E-state index in [1.807, 2.05) is 6.20 Å². The second-order valence-electron chi connectivity index (χ2n) is 4.04. The molecule has 0 bridgehead atoms. The first-order valence-corrected chi connectivity index (χ1v) is 5.61. The van der Waals surface area contributed by atoms with Crippen LogP contribution >= 0.6 is 0 Å². The molecule has 0 radical (unpaired) electrons. The highest BCUT2D eigenvalue weighted by Crippen LogP contribution is 2.06. The van der Waals surface area contributed by atoms with Gasteiger partial charge in [0, 0.05) is 26.9 Å². The smallest absolute Gasteiger partial charge is 0.241 e. The van der Waals surface area contributed by atoms with Crippen LogP contribution in [0.25, 0.3) is 0 Å². The van der Waals surface area contributed by atoms with Crippen LogP contribution in [0.15, 0.2) is 12.4 Å². The molecule has 1 heterocycles. The predicted molar refractivity (Wildman–Crippen MR) is 65.8 cm³/mol. The Bertz CT molecular complexity index is 351. The minimum Gasteiger partial charge on any atom is -0.384 e. The summed E-state index contributed by atoms with van der Waals surface area (Å²) in [5.74, 6) is 0.370. The molecule has 0 aliphatic rings. The van der Waals surface area contributed by atoms with Gasteiger partial charge in [-0.1, -0.05) is 6.92 Å². The summed E-state index contributed by atoms with van der Waals surface area (Å²) in [7, 11) is 3.30. The fourth-order valence-corrected chi connectivity index (χ4v) is 1.40. The van der Waals surface area contributed by atoms with Crippen LogP contribution in [0.4, 0.5) is 5.69 Å². The van der Waals surface area contributed by atoms with Gasteiger partial charge >= 0.3 is 0 Å². The first-order chi connectivity index (χ1) is 8.15. The van der Waals surface area contributed by atoms with E-state index >= 15 is 0 Å². The third-order valence-corrected chi connectivity index (χ3v) is 2.32. The number of anilines is 1. The molecule has 2 N–H and O–H groups in total. The Hall–Kier alpha value is -1.56. The molecule has 1 aromatic rings. The Balaban J connectivity index is 2.37. The number of rotatable bonds is 7. The van der Waals surface area contributed by atoms with Gasteiger partial charge in [0.2, 0.25) is 5.91 Å². The topological polar surface area (TPSA) is 68.2 Å². The molecule has 1 aromatic heterocycles. The molecule has 6 heteroatoms. The zero-order chi connectivity index (χ0) is 12.7. The van der Waals surface area contributed by atoms with Gasteiger partial charge in [0.05, 0.1) is 18.5 Å². The molecule has 1 atom stereocenters. The van der Waals surface area contributed by atoms with Gasteiger partial charge < -0.3 is 15.4 Å². The Kier molecular flexibility index (Phi) is 5.48. The minimum atomic E-state index is -0.0626. The molecule has 0 saturated carbocycles. The van der Waals surface area contributed by atoms with Crippen molar-refractivity contribution < 1.29 is 9.53 Å². The van der Waals surface area contributed by atoms with E-state index in [-0.39, 0.29) is 12.5 Å². The Labute approximate surface area is 101 Å². The zero-order valence-corrected chi connectivity index (χ0v) is 10.6. The quantitative estimate of drug-likeness (QED) is 0.720. The van der Waals surface area contributed by atoms with Crippen molar-refractivity contribution in [2.75, 3.05) is 32.6 Å². The number of hydrogen-bond donors (Lipinski definition) is 2. The number of methoxy groups -OCH3 is 1. The van der Waals surface area contributed by atoms with Crippen molar-refractivity contribution in [2.45, 2.75) is 13.5 Å². The zero-order valence-electron chi connectivity index (χ0n) is 10.6. The van der Waals surface area contributed by atoms with Crippen LogP contribution in [0.5, 0.6) is 0 Å². The Morgan fingerprint density at radius 2 is 2.41 bits per heavy atom. The largest absolute Gasteiger partial charge is 0.384 e. The van der Waals surface area contributed by atoms with Gasteiger partial charge in [-0.2, -0.15) is 5.10 Å². The van der Waals surface area contributed by atoms with E-state index in [0.717, 1.165) is 18.8 Å². The van der Waals surface area contributed by atoms with Gasteiger partial charge in [0.1, 0.15) is 6.54 Å². The number of aromatic nitrogens is 2. The third kappa shape index (κ3) is 4.86. The highest BCUT2D eigenvalue weighted by molar-refractivity contribution is 5.75. The molecule has 6 nitrogen and oxygen atoms in total. The van der Waals surface area contributed by atoms with E-state index in [4.69, 9.17) is 4.74 Å². The number of amides is 1. The van der Waals surface area contributed by atoms with Crippen molar-refractivity contribution in [3.63, 3.8) is 0 Å². The number of hydrogen-bond acceptors (Lipinski definition) is 4. The molecular formula is C11H20N4O2. The van der Waals surface area contributed by atoms with Crippen LogP contribution in [0.1, 0.15) is 6.92 Å². The number of likely N-dealkylation sites (N-methyl/N-ethyl adjacent to an activating group) is 1. The van der Waals surface area contributed by atoms with E-state index in [0.29, 0.717) is 5.92 Å². The Morgan fingerprint density at radius 3 is 3.06 bits per heavy atom. The predicted octanol–water partition coefficient (Wildman–Crippen LogP) is 0.323. The van der Waals surface area contributed by atoms with Crippen molar-refractivity contribution in [2.24, 2.45) is 5.92 Å². The van der Waals surface area contributed by atoms with E-state index in [1.165, 1.54) is 0 Å². The normalized spacial score (nSPS) is 12.2. The van der Waals surface area contributed by atoms with Gasteiger partial charge in [-0.3, -0.25) is 9.48 Å². The molecular weight excluding hydrogens is 220 g/mol. The highest BCUT2D eigenvalue weighted by Gasteiger charge is 2.04. The van der Waals surface area contributed by atoms with Crippen molar-refractivity contribution in [1.29, 1.82) is 0 Å². The second kappa shape index (κ2) is 6.90. The van der Waals surface area contributed by atoms with Crippen molar-refractivity contribution in [3.8, 4) is 0 Å². The van der Waals surface area contributed by atoms with Crippen LogP contribution in [-0.4, -0.2) is 43.0 Å². The molecule has 0 aliphatic heterocycles. The van der Waals surface area contributed by atoms with Crippen LogP contribution in [0.3, 0.4) is 0 Å². The molecule has 0 aromatic carbocycles. The van der Waals surface area contributed by atoms with Crippen molar-refractivity contribution >= 4 is 11.6 Å². The molecule has 1 rings (SSSR count). The lowest BCUT2D eigenvalue weighted by Gasteiger charge is -2.10. The van der Waals surface area contributed by atoms with E-state index in [9.17, 15) is 4.79 Å². The summed E-state index contributed by atoms with van der Waals surface area (Å²) in [6.45, 7) is 3.89. The van der Waals surface area contributed by atoms with E-state index < -0.39 is 0 Å². The molecule has 0 spiro atoms. The summed E-state index contributed by atoms with van der Waals surface area (Å²) in [5.41, 5.74) is 0.914. The van der Waals surface area contributed by atoms with Crippen LogP contribution in [-0.2, 0) is 16.1 Å². The average molecular weight is 240 g/mol. The fraction of sp³-hybridized carbons (Fsp3) is 0.636. The molecule has 1 unspecified atom stereocenters. The number of carbonyl (C=O) groups excluding carboxylic acids is 1. The maximum Gasteiger partial charge on any atom is 0.241 e. The van der Waals surface area contributed by atoms with Gasteiger partial charge in [-0.15, -0.1) is 0 Å². The van der Waals surface area contributed by atoms with Gasteiger partial charge in [0.25, 0.3) is 0 Å². The monoisotopic (exact) mass is 240 g/mol. The minimum absolute atomic E-state index is 0.0626. The summed E-state index contributed by atoms with van der Waals surface area (Å²) < 4.78 is 6.65. The summed E-state index contributed by atoms with van der Waals surface area (Å²) in [6.07, 6.45) is 3.53. The summed E-state index contributed by atoms with van der Waals surface area (Å²) in [6, 6.07) is 0. The van der Waals surface area contributed by atoms with Gasteiger partial charge in [0.15, 0.2) is 0 Å². The SMILES string of the molecule is CNC(=O)Cn1cc(NCC(C)COC)cn1. The fourth-order valence-electron chi connectivity index (χ4n) is 1.40. The lowest BCUT2D eigenvalue weighted by molar-refractivity contribution is -0.121. The number of nitrogens with one attached hydrogen (secondary N) is 2. The number of ether oxygens (including phenoxy) is 1. The van der Waals surface area contributed by atoms with Crippen LogP contribution in [0, 0.1) is 5.92 Å². The summed E-state index contributed by atoms with van der Waals surface area (Å²) in [4.78, 5) is 11.1. The van der Waals surface area contributed by atoms with Gasteiger partial charge in [-0.05, 0) is 5.92 Å². The molecule has 0 fully saturated rings. The van der Waals surface area contributed by atoms with Gasteiger partial charge in [-0.25, -0.2) is 0 Å². The standard InChI is InChI=1S/C11H20N4O2/c1-9(8-17-3)4-13-10-5-14-15(6-10)7-11(16)12-2/h5-6,9,13H,4,7-8H2,1-3H3,(H,12,16). The lowest BCUT2D eigenvalue weighted by Crippen LogP contribution is -2.23. The number of nitrogens with zero attached hydrogens (tertiary/aromatic N) is 2. The summed E-state index contributed by atoms with van der Waals surface area (Å²) >= 11 is 0. The van der Waals surface area contributed by atoms with Crippen LogP contribution in [0.2, 0.25) is 0 Å². The first-order valence-electron chi connectivity index (χ1n) is 5.61. The molecule has 0 aliphatic carbocycles. The lowest BCUT2D eigenvalue weighted by atomic mass is 10.2. The Morgan fingerprint density at radius 1 is 1.65 bits per heavy atom.